The molecule has 1 amide bonds. The number of nitrogens with one attached hydrogen (secondary N) is 3. The molecule has 0 aliphatic carbocycles. The van der Waals surface area contributed by atoms with E-state index in [2.05, 4.69) is 16.0 Å². The zero-order valence-electron chi connectivity index (χ0n) is 15.4. The average Bonchev–Trinajstić information content (AvgIpc) is 2.69. The molecule has 3 rings (SSSR count). The molecule has 0 unspecified atom stereocenters. The van der Waals surface area contributed by atoms with Crippen LogP contribution in [0.3, 0.4) is 0 Å². The van der Waals surface area contributed by atoms with Gasteiger partial charge in [0, 0.05) is 17.1 Å². The Bertz CT molecular complexity index is 944. The summed E-state index contributed by atoms with van der Waals surface area (Å²) in [5, 5.41) is 9.13. The maximum atomic E-state index is 12.0. The third-order valence-electron chi connectivity index (χ3n) is 3.82. The number of carbonyl (C=O) groups excluding carboxylic acids is 1. The van der Waals surface area contributed by atoms with Crippen molar-refractivity contribution in [3.63, 3.8) is 0 Å². The molecule has 0 fully saturated rings. The molecule has 0 saturated heterocycles. The van der Waals surface area contributed by atoms with Crippen molar-refractivity contribution in [2.45, 2.75) is 6.92 Å². The van der Waals surface area contributed by atoms with E-state index < -0.39 is 0 Å². The van der Waals surface area contributed by atoms with Gasteiger partial charge in [0.2, 0.25) is 0 Å². The van der Waals surface area contributed by atoms with Gasteiger partial charge in [-0.3, -0.25) is 10.1 Å². The molecule has 0 aliphatic rings. The van der Waals surface area contributed by atoms with Crippen molar-refractivity contribution in [3.8, 4) is 5.75 Å². The predicted molar refractivity (Wildman–Crippen MR) is 117 cm³/mol. The summed E-state index contributed by atoms with van der Waals surface area (Å²) in [5.74, 6) is 0.330. The van der Waals surface area contributed by atoms with Gasteiger partial charge in [-0.1, -0.05) is 30.3 Å². The lowest BCUT2D eigenvalue weighted by Crippen LogP contribution is -2.37. The highest BCUT2D eigenvalue weighted by atomic mass is 32.1. The van der Waals surface area contributed by atoms with E-state index in [4.69, 9.17) is 17.0 Å². The predicted octanol–water partition coefficient (Wildman–Crippen LogP) is 4.63. The number of hydrogen-bond donors (Lipinski definition) is 3. The van der Waals surface area contributed by atoms with Crippen LogP contribution in [0, 0.1) is 6.92 Å². The van der Waals surface area contributed by atoms with Crippen molar-refractivity contribution in [2.24, 2.45) is 0 Å². The summed E-state index contributed by atoms with van der Waals surface area (Å²) >= 11 is 5.19. The summed E-state index contributed by atoms with van der Waals surface area (Å²) in [7, 11) is 0. The molecule has 0 radical (unpaired) electrons. The van der Waals surface area contributed by atoms with E-state index >= 15 is 0 Å². The summed E-state index contributed by atoms with van der Waals surface area (Å²) in [6.07, 6.45) is 0. The maximum Gasteiger partial charge on any atom is 0.264 e. The van der Waals surface area contributed by atoms with Crippen LogP contribution in [0.2, 0.25) is 0 Å². The third-order valence-corrected chi connectivity index (χ3v) is 4.02. The monoisotopic (exact) mass is 391 g/mol. The number of benzene rings is 3. The first-order valence-electron chi connectivity index (χ1n) is 8.81. The van der Waals surface area contributed by atoms with Crippen LogP contribution in [-0.2, 0) is 4.79 Å². The fraction of sp³-hybridized carbons (Fsp3) is 0.0909. The minimum Gasteiger partial charge on any atom is -0.484 e. The van der Waals surface area contributed by atoms with Crippen LogP contribution in [0.15, 0.2) is 78.9 Å². The van der Waals surface area contributed by atoms with E-state index in [9.17, 15) is 4.79 Å². The molecule has 0 spiro atoms. The molecular formula is C22H21N3O2S. The fourth-order valence-electron chi connectivity index (χ4n) is 2.50. The molecule has 28 heavy (non-hydrogen) atoms. The van der Waals surface area contributed by atoms with Crippen molar-refractivity contribution < 1.29 is 9.53 Å². The third kappa shape index (κ3) is 6.10. The van der Waals surface area contributed by atoms with E-state index in [0.29, 0.717) is 5.75 Å². The quantitative estimate of drug-likeness (QED) is 0.535. The van der Waals surface area contributed by atoms with Gasteiger partial charge in [-0.05, 0) is 73.2 Å². The molecule has 5 nitrogen and oxygen atoms in total. The van der Waals surface area contributed by atoms with Gasteiger partial charge in [0.1, 0.15) is 5.75 Å². The van der Waals surface area contributed by atoms with Gasteiger partial charge in [-0.2, -0.15) is 0 Å². The second kappa shape index (κ2) is 9.53. The first kappa shape index (κ1) is 19.4. The van der Waals surface area contributed by atoms with Crippen LogP contribution in [0.4, 0.5) is 17.1 Å². The standard InChI is InChI=1S/C22H21N3O2S/c1-16-6-5-9-20(14-16)27-15-21(26)25-22(28)24-19-12-10-18(11-13-19)23-17-7-3-2-4-8-17/h2-14,23H,15H2,1H3,(H2,24,25,26,28). The highest BCUT2D eigenvalue weighted by Crippen LogP contribution is 2.18. The van der Waals surface area contributed by atoms with Crippen molar-refractivity contribution in [1.82, 2.24) is 5.32 Å². The fourth-order valence-corrected chi connectivity index (χ4v) is 2.74. The SMILES string of the molecule is Cc1cccc(OCC(=O)NC(=S)Nc2ccc(Nc3ccccc3)cc2)c1. The van der Waals surface area contributed by atoms with E-state index in [1.165, 1.54) is 0 Å². The van der Waals surface area contributed by atoms with Crippen LogP contribution in [-0.4, -0.2) is 17.6 Å². The van der Waals surface area contributed by atoms with Gasteiger partial charge in [0.15, 0.2) is 11.7 Å². The van der Waals surface area contributed by atoms with Crippen LogP contribution < -0.4 is 20.7 Å². The Morgan fingerprint density at radius 1 is 0.893 bits per heavy atom. The maximum absolute atomic E-state index is 12.0. The second-order valence-corrected chi connectivity index (χ2v) is 6.58. The zero-order valence-corrected chi connectivity index (χ0v) is 16.3. The first-order chi connectivity index (χ1) is 13.6. The molecule has 0 aliphatic heterocycles. The van der Waals surface area contributed by atoms with Gasteiger partial charge < -0.3 is 15.4 Å². The van der Waals surface area contributed by atoms with Gasteiger partial charge in [0.05, 0.1) is 0 Å². The highest BCUT2D eigenvalue weighted by molar-refractivity contribution is 7.80. The number of amides is 1. The first-order valence-corrected chi connectivity index (χ1v) is 9.22. The van der Waals surface area contributed by atoms with Gasteiger partial charge in [-0.15, -0.1) is 0 Å². The molecular weight excluding hydrogens is 370 g/mol. The normalized spacial score (nSPS) is 10.0. The molecule has 0 bridgehead atoms. The summed E-state index contributed by atoms with van der Waals surface area (Å²) in [5.41, 5.74) is 3.82. The molecule has 0 heterocycles. The van der Waals surface area contributed by atoms with Gasteiger partial charge in [-0.25, -0.2) is 0 Å². The largest absolute Gasteiger partial charge is 0.484 e. The highest BCUT2D eigenvalue weighted by Gasteiger charge is 2.06. The number of aryl methyl sites for hydroxylation is 1. The summed E-state index contributed by atoms with van der Waals surface area (Å²) in [4.78, 5) is 12.0. The van der Waals surface area contributed by atoms with E-state index in [1.807, 2.05) is 85.8 Å². The van der Waals surface area contributed by atoms with Crippen molar-refractivity contribution >= 4 is 40.3 Å². The topological polar surface area (TPSA) is 62.4 Å². The van der Waals surface area contributed by atoms with Crippen molar-refractivity contribution in [1.29, 1.82) is 0 Å². The van der Waals surface area contributed by atoms with E-state index in [-0.39, 0.29) is 17.6 Å². The van der Waals surface area contributed by atoms with Crippen LogP contribution >= 0.6 is 12.2 Å². The van der Waals surface area contributed by atoms with Crippen molar-refractivity contribution in [2.75, 3.05) is 17.2 Å². The minimum atomic E-state index is -0.318. The Morgan fingerprint density at radius 2 is 1.57 bits per heavy atom. The Labute approximate surface area is 169 Å². The Hall–Kier alpha value is -3.38. The molecule has 3 aromatic rings. The lowest BCUT2D eigenvalue weighted by Gasteiger charge is -2.12. The lowest BCUT2D eigenvalue weighted by atomic mass is 10.2. The number of ether oxygens (including phenoxy) is 1. The Morgan fingerprint density at radius 3 is 2.29 bits per heavy atom. The molecule has 0 saturated carbocycles. The molecule has 0 aromatic heterocycles. The average molecular weight is 391 g/mol. The molecule has 6 heteroatoms. The number of thiocarbonyl (C=S) groups is 1. The number of rotatable bonds is 6. The molecule has 142 valence electrons. The molecule has 3 aromatic carbocycles. The smallest absolute Gasteiger partial charge is 0.264 e. The van der Waals surface area contributed by atoms with Gasteiger partial charge in [0.25, 0.3) is 5.91 Å². The summed E-state index contributed by atoms with van der Waals surface area (Å²) in [6, 6.07) is 25.1. The van der Waals surface area contributed by atoms with Crippen LogP contribution in [0.5, 0.6) is 5.75 Å². The summed E-state index contributed by atoms with van der Waals surface area (Å²) < 4.78 is 5.46. The lowest BCUT2D eigenvalue weighted by molar-refractivity contribution is -0.121. The Balaban J connectivity index is 1.45. The second-order valence-electron chi connectivity index (χ2n) is 6.18. The molecule has 3 N–H and O–H groups in total. The summed E-state index contributed by atoms with van der Waals surface area (Å²) in [6.45, 7) is 1.86. The van der Waals surface area contributed by atoms with E-state index in [1.54, 1.807) is 0 Å². The Kier molecular flexibility index (Phi) is 6.59. The number of para-hydroxylation sites is 1. The minimum absolute atomic E-state index is 0.106. The van der Waals surface area contributed by atoms with E-state index in [0.717, 1.165) is 22.6 Å². The number of carbonyl (C=O) groups is 1. The number of anilines is 3. The van der Waals surface area contributed by atoms with Crippen LogP contribution in [0.25, 0.3) is 0 Å². The van der Waals surface area contributed by atoms with Crippen molar-refractivity contribution in [3.05, 3.63) is 84.4 Å². The molecule has 0 atom stereocenters. The van der Waals surface area contributed by atoms with Crippen LogP contribution in [0.1, 0.15) is 5.56 Å². The number of hydrogen-bond acceptors (Lipinski definition) is 4. The van der Waals surface area contributed by atoms with Gasteiger partial charge >= 0.3 is 0 Å². The zero-order chi connectivity index (χ0) is 19.8.